The molecule has 116 valence electrons. The molecule has 0 spiro atoms. The second kappa shape index (κ2) is 6.99. The quantitative estimate of drug-likeness (QED) is 0.862. The first-order valence-corrected chi connectivity index (χ1v) is 7.21. The third-order valence-corrected chi connectivity index (χ3v) is 3.93. The van der Waals surface area contributed by atoms with Gasteiger partial charge in [0, 0.05) is 18.7 Å². The topological polar surface area (TPSA) is 66.8 Å². The van der Waals surface area contributed by atoms with Crippen molar-refractivity contribution in [3.63, 3.8) is 0 Å². The normalized spacial score (nSPS) is 21.0. The fourth-order valence-electron chi connectivity index (χ4n) is 2.70. The zero-order valence-corrected chi connectivity index (χ0v) is 12.5. The Labute approximate surface area is 129 Å². The van der Waals surface area contributed by atoms with Gasteiger partial charge >= 0.3 is 5.97 Å². The molecule has 1 amide bonds. The van der Waals surface area contributed by atoms with Crippen LogP contribution in [-0.2, 0) is 4.79 Å². The van der Waals surface area contributed by atoms with Crippen molar-refractivity contribution in [1.29, 1.82) is 0 Å². The average Bonchev–Trinajstić information content (AvgIpc) is 2.52. The van der Waals surface area contributed by atoms with E-state index >= 15 is 0 Å². The first-order valence-electron chi connectivity index (χ1n) is 7.21. The first kappa shape index (κ1) is 15.9. The van der Waals surface area contributed by atoms with Crippen molar-refractivity contribution in [3.8, 4) is 18.1 Å². The Hall–Kier alpha value is -2.48. The molecule has 1 fully saturated rings. The number of rotatable bonds is 4. The number of carboxylic acids is 1. The second-order valence-electron chi connectivity index (χ2n) is 5.48. The summed E-state index contributed by atoms with van der Waals surface area (Å²) in [6.45, 7) is 2.99. The molecule has 1 aliphatic rings. The number of hydrogen-bond donors (Lipinski definition) is 1. The summed E-state index contributed by atoms with van der Waals surface area (Å²) in [5, 5.41) is 9.12. The van der Waals surface area contributed by atoms with Crippen LogP contribution < -0.4 is 4.74 Å². The number of benzene rings is 1. The van der Waals surface area contributed by atoms with E-state index in [9.17, 15) is 9.59 Å². The number of piperidine rings is 1. The van der Waals surface area contributed by atoms with Gasteiger partial charge in [-0.05, 0) is 36.6 Å². The van der Waals surface area contributed by atoms with Gasteiger partial charge in [-0.1, -0.05) is 12.8 Å². The third-order valence-electron chi connectivity index (χ3n) is 3.93. The largest absolute Gasteiger partial charge is 0.481 e. The van der Waals surface area contributed by atoms with Gasteiger partial charge < -0.3 is 14.7 Å². The van der Waals surface area contributed by atoms with Gasteiger partial charge in [0.1, 0.15) is 12.4 Å². The molecule has 2 rings (SSSR count). The van der Waals surface area contributed by atoms with E-state index < -0.39 is 5.97 Å². The maximum atomic E-state index is 12.5. The second-order valence-corrected chi connectivity index (χ2v) is 5.48. The molecule has 1 aromatic rings. The highest BCUT2D eigenvalue weighted by atomic mass is 16.5. The number of carbonyl (C=O) groups is 2. The number of ether oxygens (including phenoxy) is 1. The van der Waals surface area contributed by atoms with Crippen molar-refractivity contribution in [2.75, 3.05) is 19.7 Å². The number of carboxylic acid groups (broad SMARTS) is 1. The number of nitrogens with zero attached hydrogens (tertiary/aromatic N) is 1. The van der Waals surface area contributed by atoms with Gasteiger partial charge in [-0.25, -0.2) is 0 Å². The zero-order valence-electron chi connectivity index (χ0n) is 12.5. The Morgan fingerprint density at radius 3 is 2.64 bits per heavy atom. The fraction of sp³-hybridized carbons (Fsp3) is 0.412. The molecule has 1 N–H and O–H groups in total. The van der Waals surface area contributed by atoms with Gasteiger partial charge in [-0.15, -0.1) is 6.42 Å². The number of likely N-dealkylation sites (tertiary alicyclic amines) is 1. The monoisotopic (exact) mass is 301 g/mol. The van der Waals surface area contributed by atoms with E-state index in [1.54, 1.807) is 29.2 Å². The van der Waals surface area contributed by atoms with Crippen LogP contribution in [0.15, 0.2) is 24.3 Å². The predicted octanol–water partition coefficient (Wildman–Crippen LogP) is 1.88. The number of hydrogen-bond acceptors (Lipinski definition) is 3. The number of amides is 1. The fourth-order valence-corrected chi connectivity index (χ4v) is 2.70. The van der Waals surface area contributed by atoms with Crippen LogP contribution in [0.4, 0.5) is 0 Å². The van der Waals surface area contributed by atoms with Crippen LogP contribution in [0.1, 0.15) is 23.7 Å². The number of terminal acetylenes is 1. The molecular formula is C17H19NO4. The molecule has 0 aromatic heterocycles. The summed E-state index contributed by atoms with van der Waals surface area (Å²) in [6.07, 6.45) is 5.61. The average molecular weight is 301 g/mol. The van der Waals surface area contributed by atoms with Crippen LogP contribution in [-0.4, -0.2) is 41.6 Å². The first-order chi connectivity index (χ1) is 10.5. The van der Waals surface area contributed by atoms with E-state index in [2.05, 4.69) is 5.92 Å². The summed E-state index contributed by atoms with van der Waals surface area (Å²) < 4.78 is 5.27. The van der Waals surface area contributed by atoms with Gasteiger partial charge in [-0.3, -0.25) is 9.59 Å². The highest BCUT2D eigenvalue weighted by Crippen LogP contribution is 2.25. The number of carbonyl (C=O) groups excluding carboxylic acids is 1. The molecule has 1 saturated heterocycles. The molecule has 2 atom stereocenters. The van der Waals surface area contributed by atoms with Crippen LogP contribution >= 0.6 is 0 Å². The molecule has 5 heteroatoms. The third kappa shape index (κ3) is 3.59. The van der Waals surface area contributed by atoms with Crippen molar-refractivity contribution in [3.05, 3.63) is 29.8 Å². The minimum atomic E-state index is -0.783. The van der Waals surface area contributed by atoms with Crippen LogP contribution in [0.25, 0.3) is 0 Å². The molecule has 22 heavy (non-hydrogen) atoms. The molecule has 2 unspecified atom stereocenters. The Morgan fingerprint density at radius 2 is 2.09 bits per heavy atom. The zero-order chi connectivity index (χ0) is 16.1. The van der Waals surface area contributed by atoms with E-state index in [0.717, 1.165) is 0 Å². The van der Waals surface area contributed by atoms with Crippen molar-refractivity contribution in [2.24, 2.45) is 11.8 Å². The van der Waals surface area contributed by atoms with E-state index in [4.69, 9.17) is 16.3 Å². The van der Waals surface area contributed by atoms with Crippen molar-refractivity contribution < 1.29 is 19.4 Å². The van der Waals surface area contributed by atoms with E-state index in [1.165, 1.54) is 0 Å². The molecule has 1 aliphatic heterocycles. The molecule has 1 heterocycles. The SMILES string of the molecule is C#CCOc1ccc(C(=O)N2CCC(C(=O)O)C(C)C2)cc1. The molecule has 1 aromatic carbocycles. The van der Waals surface area contributed by atoms with Crippen molar-refractivity contribution in [2.45, 2.75) is 13.3 Å². The van der Waals surface area contributed by atoms with Gasteiger partial charge in [0.15, 0.2) is 0 Å². The highest BCUT2D eigenvalue weighted by Gasteiger charge is 2.33. The minimum Gasteiger partial charge on any atom is -0.481 e. The molecule has 0 aliphatic carbocycles. The molecular weight excluding hydrogens is 282 g/mol. The highest BCUT2D eigenvalue weighted by molar-refractivity contribution is 5.94. The summed E-state index contributed by atoms with van der Waals surface area (Å²) in [5.74, 6) is 1.71. The number of aliphatic carboxylic acids is 1. The lowest BCUT2D eigenvalue weighted by Crippen LogP contribution is -2.44. The van der Waals surface area contributed by atoms with Gasteiger partial charge in [0.25, 0.3) is 5.91 Å². The minimum absolute atomic E-state index is 0.0477. The molecule has 0 radical (unpaired) electrons. The Bertz CT molecular complexity index is 588. The van der Waals surface area contributed by atoms with Crippen LogP contribution in [0, 0.1) is 24.2 Å². The maximum absolute atomic E-state index is 12.5. The summed E-state index contributed by atoms with van der Waals surface area (Å²) in [6, 6.07) is 6.81. The van der Waals surface area contributed by atoms with Crippen molar-refractivity contribution in [1.82, 2.24) is 4.90 Å². The van der Waals surface area contributed by atoms with Crippen LogP contribution in [0.2, 0.25) is 0 Å². The lowest BCUT2D eigenvalue weighted by atomic mass is 9.87. The van der Waals surface area contributed by atoms with Gasteiger partial charge in [0.05, 0.1) is 5.92 Å². The summed E-state index contributed by atoms with van der Waals surface area (Å²) >= 11 is 0. The molecule has 0 bridgehead atoms. The lowest BCUT2D eigenvalue weighted by molar-refractivity contribution is -0.145. The van der Waals surface area contributed by atoms with Crippen LogP contribution in [0.5, 0.6) is 5.75 Å². The molecule has 5 nitrogen and oxygen atoms in total. The lowest BCUT2D eigenvalue weighted by Gasteiger charge is -2.35. The van der Waals surface area contributed by atoms with Gasteiger partial charge in [-0.2, -0.15) is 0 Å². The standard InChI is InChI=1S/C17H19NO4/c1-3-10-22-14-6-4-13(5-7-14)16(19)18-9-8-15(17(20)21)12(2)11-18/h1,4-7,12,15H,8-11H2,2H3,(H,20,21). The Morgan fingerprint density at radius 1 is 1.41 bits per heavy atom. The predicted molar refractivity (Wildman–Crippen MR) is 81.6 cm³/mol. The van der Waals surface area contributed by atoms with Gasteiger partial charge in [0.2, 0.25) is 0 Å². The summed E-state index contributed by atoms with van der Waals surface area (Å²) in [7, 11) is 0. The van der Waals surface area contributed by atoms with Crippen molar-refractivity contribution >= 4 is 11.9 Å². The van der Waals surface area contributed by atoms with E-state index in [-0.39, 0.29) is 24.3 Å². The van der Waals surface area contributed by atoms with E-state index in [0.29, 0.717) is 30.8 Å². The Kier molecular flexibility index (Phi) is 5.05. The molecule has 0 saturated carbocycles. The Balaban J connectivity index is 2.00. The van der Waals surface area contributed by atoms with Crippen LogP contribution in [0.3, 0.4) is 0 Å². The summed E-state index contributed by atoms with van der Waals surface area (Å²) in [4.78, 5) is 25.3. The smallest absolute Gasteiger partial charge is 0.306 e. The maximum Gasteiger partial charge on any atom is 0.306 e. The van der Waals surface area contributed by atoms with E-state index in [1.807, 2.05) is 6.92 Å². The summed E-state index contributed by atoms with van der Waals surface area (Å²) in [5.41, 5.74) is 0.564.